The fourth-order valence-electron chi connectivity index (χ4n) is 0.679. The second-order valence-corrected chi connectivity index (χ2v) is 3.17. The Hall–Kier alpha value is -0.900. The predicted octanol–water partition coefficient (Wildman–Crippen LogP) is 1.62. The molecule has 1 heterocycles. The van der Waals surface area contributed by atoms with Crippen LogP contribution in [0.1, 0.15) is 5.76 Å². The van der Waals surface area contributed by atoms with Gasteiger partial charge in [0.2, 0.25) is 0 Å². The van der Waals surface area contributed by atoms with Gasteiger partial charge in [-0.15, -0.1) is 11.8 Å². The van der Waals surface area contributed by atoms with E-state index in [2.05, 4.69) is 0 Å². The fraction of sp³-hybridized carbons (Fsp3) is 0.286. The van der Waals surface area contributed by atoms with Crippen molar-refractivity contribution in [3.63, 3.8) is 0 Å². The Morgan fingerprint density at radius 1 is 1.82 bits per heavy atom. The van der Waals surface area contributed by atoms with Gasteiger partial charge in [0.15, 0.2) is 0 Å². The molecule has 1 aromatic heterocycles. The zero-order valence-corrected chi connectivity index (χ0v) is 7.07. The number of rotatable bonds is 3. The van der Waals surface area contributed by atoms with Gasteiger partial charge in [-0.2, -0.15) is 0 Å². The normalized spacial score (nSPS) is 9.91. The average Bonchev–Trinajstić information content (AvgIpc) is 2.31. The van der Waals surface area contributed by atoms with Crippen LogP contribution in [-0.2, 0) is 0 Å². The summed E-state index contributed by atoms with van der Waals surface area (Å²) in [5, 5.41) is 6.99. The molecule has 60 valence electrons. The maximum absolute atomic E-state index is 6.99. The maximum Gasteiger partial charge on any atom is 0.114 e. The van der Waals surface area contributed by atoms with Crippen molar-refractivity contribution in [2.45, 2.75) is 11.8 Å². The summed E-state index contributed by atoms with van der Waals surface area (Å²) in [5.41, 5.74) is 5.19. The minimum absolute atomic E-state index is 0.190. The zero-order valence-electron chi connectivity index (χ0n) is 6.26. The Balaban J connectivity index is 2.51. The van der Waals surface area contributed by atoms with Crippen LogP contribution in [0, 0.1) is 12.3 Å². The minimum atomic E-state index is 0.190. The van der Waals surface area contributed by atoms with Crippen LogP contribution >= 0.6 is 11.8 Å². The number of nitrogens with two attached hydrogens (primary N) is 1. The predicted molar refractivity (Wildman–Crippen MR) is 46.1 cm³/mol. The molecule has 3 nitrogen and oxygen atoms in total. The first-order valence-electron chi connectivity index (χ1n) is 3.20. The van der Waals surface area contributed by atoms with Gasteiger partial charge in [0.1, 0.15) is 11.6 Å². The lowest BCUT2D eigenvalue weighted by Gasteiger charge is -1.95. The topological polar surface area (TPSA) is 63.0 Å². The molecule has 3 N–H and O–H groups in total. The molecule has 0 amide bonds. The molecule has 0 saturated heterocycles. The second-order valence-electron chi connectivity index (χ2n) is 2.15. The summed E-state index contributed by atoms with van der Waals surface area (Å²) < 4.78 is 5.06. The Morgan fingerprint density at radius 2 is 2.55 bits per heavy atom. The number of amidine groups is 1. The highest BCUT2D eigenvalue weighted by Gasteiger charge is 2.01. The van der Waals surface area contributed by atoms with Crippen molar-refractivity contribution >= 4 is 17.6 Å². The Morgan fingerprint density at radius 3 is 3.00 bits per heavy atom. The molecule has 1 aromatic rings. The van der Waals surface area contributed by atoms with Crippen LogP contribution in [0.4, 0.5) is 0 Å². The van der Waals surface area contributed by atoms with Crippen molar-refractivity contribution < 1.29 is 4.42 Å². The van der Waals surface area contributed by atoms with Gasteiger partial charge >= 0.3 is 0 Å². The summed E-state index contributed by atoms with van der Waals surface area (Å²) in [5.74, 6) is 1.60. The summed E-state index contributed by atoms with van der Waals surface area (Å²) in [4.78, 5) is 1.06. The third-order valence-electron chi connectivity index (χ3n) is 1.19. The van der Waals surface area contributed by atoms with Crippen molar-refractivity contribution in [3.8, 4) is 0 Å². The molecule has 0 radical (unpaired) electrons. The Kier molecular flexibility index (Phi) is 2.59. The second kappa shape index (κ2) is 3.48. The third kappa shape index (κ3) is 2.31. The summed E-state index contributed by atoms with van der Waals surface area (Å²) in [7, 11) is 0. The van der Waals surface area contributed by atoms with Crippen LogP contribution in [0.5, 0.6) is 0 Å². The summed E-state index contributed by atoms with van der Waals surface area (Å²) in [6, 6.07) is 1.88. The first kappa shape index (κ1) is 8.20. The van der Waals surface area contributed by atoms with Gasteiger partial charge in [-0.1, -0.05) is 0 Å². The monoisotopic (exact) mass is 170 g/mol. The first-order valence-corrected chi connectivity index (χ1v) is 4.18. The molecule has 1 rings (SSSR count). The molecule has 0 aliphatic carbocycles. The van der Waals surface area contributed by atoms with Gasteiger partial charge in [0.25, 0.3) is 0 Å². The number of hydrogen-bond donors (Lipinski definition) is 2. The van der Waals surface area contributed by atoms with E-state index < -0.39 is 0 Å². The van der Waals surface area contributed by atoms with Crippen LogP contribution in [-0.4, -0.2) is 11.6 Å². The van der Waals surface area contributed by atoms with E-state index in [0.717, 1.165) is 10.7 Å². The van der Waals surface area contributed by atoms with E-state index in [4.69, 9.17) is 15.6 Å². The minimum Gasteiger partial charge on any atom is -0.468 e. The van der Waals surface area contributed by atoms with Crippen LogP contribution in [0.2, 0.25) is 0 Å². The van der Waals surface area contributed by atoms with Gasteiger partial charge in [0, 0.05) is 4.90 Å². The van der Waals surface area contributed by atoms with E-state index in [1.165, 1.54) is 11.8 Å². The van der Waals surface area contributed by atoms with Gasteiger partial charge in [-0.25, -0.2) is 0 Å². The van der Waals surface area contributed by atoms with Crippen molar-refractivity contribution in [2.75, 3.05) is 5.75 Å². The molecular weight excluding hydrogens is 160 g/mol. The molecule has 0 saturated carbocycles. The Bertz CT molecular complexity index is 257. The Labute approximate surface area is 69.5 Å². The molecule has 0 bridgehead atoms. The molecule has 4 heteroatoms. The van der Waals surface area contributed by atoms with Gasteiger partial charge in [0.05, 0.1) is 12.0 Å². The molecule has 0 spiro atoms. The van der Waals surface area contributed by atoms with Crippen LogP contribution in [0.3, 0.4) is 0 Å². The fourth-order valence-corrected chi connectivity index (χ4v) is 1.39. The molecule has 11 heavy (non-hydrogen) atoms. The highest BCUT2D eigenvalue weighted by atomic mass is 32.2. The average molecular weight is 170 g/mol. The van der Waals surface area contributed by atoms with Crippen molar-refractivity contribution in [2.24, 2.45) is 5.73 Å². The molecule has 0 aromatic carbocycles. The van der Waals surface area contributed by atoms with Crippen LogP contribution in [0.25, 0.3) is 0 Å². The van der Waals surface area contributed by atoms with Crippen molar-refractivity contribution in [1.29, 1.82) is 5.41 Å². The van der Waals surface area contributed by atoms with E-state index in [-0.39, 0.29) is 5.84 Å². The van der Waals surface area contributed by atoms with E-state index in [9.17, 15) is 0 Å². The van der Waals surface area contributed by atoms with E-state index >= 15 is 0 Å². The quantitative estimate of drug-likeness (QED) is 0.411. The van der Waals surface area contributed by atoms with Crippen LogP contribution < -0.4 is 5.73 Å². The lowest BCUT2D eigenvalue weighted by atomic mass is 10.5. The zero-order chi connectivity index (χ0) is 8.27. The smallest absolute Gasteiger partial charge is 0.114 e. The number of nitrogens with one attached hydrogen (secondary N) is 1. The third-order valence-corrected chi connectivity index (χ3v) is 2.38. The summed E-state index contributed by atoms with van der Waals surface area (Å²) >= 11 is 1.52. The molecule has 0 aliphatic rings. The first-order chi connectivity index (χ1) is 5.20. The lowest BCUT2D eigenvalue weighted by molar-refractivity contribution is 0.527. The number of thioether (sulfide) groups is 1. The van der Waals surface area contributed by atoms with Gasteiger partial charge in [-0.3, -0.25) is 5.41 Å². The van der Waals surface area contributed by atoms with E-state index in [0.29, 0.717) is 5.75 Å². The highest BCUT2D eigenvalue weighted by molar-refractivity contribution is 8.00. The standard InChI is InChI=1S/C7H10N2OS/c1-5-6(2-3-10-5)11-4-7(8)9/h2-3H,4H2,1H3,(H3,8,9). The SMILES string of the molecule is Cc1occc1SCC(=N)N. The maximum atomic E-state index is 6.99. The molecule has 0 unspecified atom stereocenters. The molecule has 0 fully saturated rings. The lowest BCUT2D eigenvalue weighted by Crippen LogP contribution is -2.11. The number of furan rings is 1. The van der Waals surface area contributed by atoms with E-state index in [1.807, 2.05) is 13.0 Å². The number of hydrogen-bond acceptors (Lipinski definition) is 3. The largest absolute Gasteiger partial charge is 0.468 e. The van der Waals surface area contributed by atoms with E-state index in [1.54, 1.807) is 6.26 Å². The van der Waals surface area contributed by atoms with Crippen molar-refractivity contribution in [3.05, 3.63) is 18.1 Å². The molecular formula is C7H10N2OS. The van der Waals surface area contributed by atoms with Gasteiger partial charge < -0.3 is 10.2 Å². The van der Waals surface area contributed by atoms with Crippen molar-refractivity contribution in [1.82, 2.24) is 0 Å². The molecule has 0 aliphatic heterocycles. The van der Waals surface area contributed by atoms with Crippen LogP contribution in [0.15, 0.2) is 21.6 Å². The number of aryl methyl sites for hydroxylation is 1. The molecule has 0 atom stereocenters. The highest BCUT2D eigenvalue weighted by Crippen LogP contribution is 2.22. The summed E-state index contributed by atoms with van der Waals surface area (Å²) in [6.07, 6.45) is 1.64. The van der Waals surface area contributed by atoms with Gasteiger partial charge in [-0.05, 0) is 13.0 Å². The summed E-state index contributed by atoms with van der Waals surface area (Å²) in [6.45, 7) is 1.89.